The summed E-state index contributed by atoms with van der Waals surface area (Å²) in [6.07, 6.45) is 1.45. The number of aliphatic carboxylic acids is 1. The summed E-state index contributed by atoms with van der Waals surface area (Å²) in [6.45, 7) is 1.52. The largest absolute Gasteiger partial charge is 0.497 e. The molecule has 130 valence electrons. The monoisotopic (exact) mass is 363 g/mol. The highest BCUT2D eigenvalue weighted by Crippen LogP contribution is 2.20. The van der Waals surface area contributed by atoms with Gasteiger partial charge in [0.2, 0.25) is 0 Å². The van der Waals surface area contributed by atoms with E-state index >= 15 is 0 Å². The summed E-state index contributed by atoms with van der Waals surface area (Å²) in [6, 6.07) is 6.40. The number of benzene rings is 1. The van der Waals surface area contributed by atoms with E-state index in [0.29, 0.717) is 25.3 Å². The van der Waals surface area contributed by atoms with E-state index in [-0.39, 0.29) is 23.1 Å². The average Bonchev–Trinajstić information content (AvgIpc) is 2.53. The maximum atomic E-state index is 12.4. The molecular formula is C15H22ClNO5S. The van der Waals surface area contributed by atoms with Crippen LogP contribution in [0.15, 0.2) is 29.2 Å². The Kier molecular flexibility index (Phi) is 7.31. The zero-order valence-electron chi connectivity index (χ0n) is 13.0. The molecule has 1 saturated heterocycles. The van der Waals surface area contributed by atoms with E-state index in [1.165, 1.54) is 13.2 Å². The molecule has 6 nitrogen and oxygen atoms in total. The molecule has 0 amide bonds. The first kappa shape index (κ1) is 19.7. The summed E-state index contributed by atoms with van der Waals surface area (Å²) in [7, 11) is -1.91. The second-order valence-electron chi connectivity index (χ2n) is 5.48. The SMILES string of the molecule is COc1cccc(S(=O)(=O)CCN2CCCC(C(=O)O)C2)c1.Cl. The molecule has 0 aliphatic carbocycles. The van der Waals surface area contributed by atoms with Gasteiger partial charge in [0.1, 0.15) is 5.75 Å². The molecule has 1 N–H and O–H groups in total. The fourth-order valence-electron chi connectivity index (χ4n) is 2.62. The van der Waals surface area contributed by atoms with Crippen molar-refractivity contribution in [2.45, 2.75) is 17.7 Å². The lowest BCUT2D eigenvalue weighted by Gasteiger charge is -2.30. The third-order valence-corrected chi connectivity index (χ3v) is 5.62. The first-order chi connectivity index (χ1) is 10.4. The summed E-state index contributed by atoms with van der Waals surface area (Å²) in [5, 5.41) is 9.06. The predicted molar refractivity (Wildman–Crippen MR) is 89.1 cm³/mol. The van der Waals surface area contributed by atoms with Crippen LogP contribution >= 0.6 is 12.4 Å². The summed E-state index contributed by atoms with van der Waals surface area (Å²) in [5.41, 5.74) is 0. The van der Waals surface area contributed by atoms with Gasteiger partial charge < -0.3 is 14.7 Å². The average molecular weight is 364 g/mol. The lowest BCUT2D eigenvalue weighted by atomic mass is 9.98. The Morgan fingerprint density at radius 3 is 2.83 bits per heavy atom. The van der Waals surface area contributed by atoms with Gasteiger partial charge in [-0.05, 0) is 37.6 Å². The number of carboxylic acid groups (broad SMARTS) is 1. The van der Waals surface area contributed by atoms with Crippen molar-refractivity contribution in [2.75, 3.05) is 32.5 Å². The highest BCUT2D eigenvalue weighted by molar-refractivity contribution is 7.91. The van der Waals surface area contributed by atoms with Crippen molar-refractivity contribution < 1.29 is 23.1 Å². The Balaban J connectivity index is 0.00000264. The number of carbonyl (C=O) groups is 1. The smallest absolute Gasteiger partial charge is 0.307 e. The minimum atomic E-state index is -3.40. The standard InChI is InChI=1S/C15H21NO5S.ClH/c1-21-13-5-2-6-14(10-13)22(19,20)9-8-16-7-3-4-12(11-16)15(17)18;/h2,5-6,10,12H,3-4,7-9,11H2,1H3,(H,17,18);1H. The van der Waals surface area contributed by atoms with Gasteiger partial charge in [0, 0.05) is 13.1 Å². The Morgan fingerprint density at radius 2 is 2.17 bits per heavy atom. The van der Waals surface area contributed by atoms with Crippen molar-refractivity contribution in [3.8, 4) is 5.75 Å². The van der Waals surface area contributed by atoms with E-state index in [1.807, 2.05) is 4.90 Å². The molecule has 8 heteroatoms. The summed E-state index contributed by atoms with van der Waals surface area (Å²) >= 11 is 0. The second-order valence-corrected chi connectivity index (χ2v) is 7.59. The number of ether oxygens (including phenoxy) is 1. The van der Waals surface area contributed by atoms with Crippen LogP contribution in [0.5, 0.6) is 5.75 Å². The van der Waals surface area contributed by atoms with Crippen LogP contribution in [-0.2, 0) is 14.6 Å². The zero-order chi connectivity index (χ0) is 16.2. The number of piperidine rings is 1. The fourth-order valence-corrected chi connectivity index (χ4v) is 3.94. The van der Waals surface area contributed by atoms with Crippen LogP contribution in [0.4, 0.5) is 0 Å². The summed E-state index contributed by atoms with van der Waals surface area (Å²) < 4.78 is 29.8. The molecule has 1 heterocycles. The molecule has 1 aromatic rings. The van der Waals surface area contributed by atoms with Gasteiger partial charge in [-0.25, -0.2) is 8.42 Å². The number of likely N-dealkylation sites (tertiary alicyclic amines) is 1. The Bertz CT molecular complexity index is 635. The van der Waals surface area contributed by atoms with Crippen molar-refractivity contribution in [1.29, 1.82) is 0 Å². The van der Waals surface area contributed by atoms with Crippen LogP contribution in [0, 0.1) is 5.92 Å². The van der Waals surface area contributed by atoms with Gasteiger partial charge in [0.05, 0.1) is 23.7 Å². The van der Waals surface area contributed by atoms with E-state index in [4.69, 9.17) is 9.84 Å². The van der Waals surface area contributed by atoms with Gasteiger partial charge in [-0.2, -0.15) is 0 Å². The van der Waals surface area contributed by atoms with E-state index in [0.717, 1.165) is 13.0 Å². The van der Waals surface area contributed by atoms with Gasteiger partial charge in [-0.1, -0.05) is 6.07 Å². The van der Waals surface area contributed by atoms with Crippen LogP contribution in [0.2, 0.25) is 0 Å². The van der Waals surface area contributed by atoms with Crippen molar-refractivity contribution in [3.05, 3.63) is 24.3 Å². The summed E-state index contributed by atoms with van der Waals surface area (Å²) in [5.74, 6) is -0.717. The van der Waals surface area contributed by atoms with Crippen molar-refractivity contribution in [3.63, 3.8) is 0 Å². The molecule has 1 fully saturated rings. The normalized spacial score (nSPS) is 18.9. The Hall–Kier alpha value is -1.31. The molecule has 0 aromatic heterocycles. The van der Waals surface area contributed by atoms with Gasteiger partial charge in [0.15, 0.2) is 9.84 Å². The van der Waals surface area contributed by atoms with E-state index in [2.05, 4.69) is 0 Å². The van der Waals surface area contributed by atoms with Crippen molar-refractivity contribution in [2.24, 2.45) is 5.92 Å². The van der Waals surface area contributed by atoms with Crippen LogP contribution in [0.1, 0.15) is 12.8 Å². The number of hydrogen-bond donors (Lipinski definition) is 1. The number of carboxylic acids is 1. The minimum absolute atomic E-state index is 0. The topological polar surface area (TPSA) is 83.9 Å². The van der Waals surface area contributed by atoms with Gasteiger partial charge in [0.25, 0.3) is 0 Å². The minimum Gasteiger partial charge on any atom is -0.497 e. The molecule has 1 aromatic carbocycles. The van der Waals surface area contributed by atoms with Gasteiger partial charge >= 0.3 is 5.97 Å². The highest BCUT2D eigenvalue weighted by atomic mass is 35.5. The molecule has 1 aliphatic rings. The van der Waals surface area contributed by atoms with Crippen molar-refractivity contribution in [1.82, 2.24) is 4.90 Å². The molecule has 2 rings (SSSR count). The number of methoxy groups -OCH3 is 1. The quantitative estimate of drug-likeness (QED) is 0.828. The Labute approximate surface area is 142 Å². The van der Waals surface area contributed by atoms with Gasteiger partial charge in [-0.15, -0.1) is 12.4 Å². The van der Waals surface area contributed by atoms with Crippen LogP contribution in [0.3, 0.4) is 0 Å². The number of rotatable bonds is 6. The van der Waals surface area contributed by atoms with E-state index in [9.17, 15) is 13.2 Å². The number of sulfone groups is 1. The molecular weight excluding hydrogens is 342 g/mol. The van der Waals surface area contributed by atoms with E-state index < -0.39 is 21.7 Å². The first-order valence-corrected chi connectivity index (χ1v) is 8.89. The third-order valence-electron chi connectivity index (χ3n) is 3.93. The molecule has 0 saturated carbocycles. The maximum absolute atomic E-state index is 12.4. The van der Waals surface area contributed by atoms with Crippen LogP contribution in [-0.4, -0.2) is 56.9 Å². The molecule has 1 unspecified atom stereocenters. The number of nitrogens with zero attached hydrogens (tertiary/aromatic N) is 1. The lowest BCUT2D eigenvalue weighted by Crippen LogP contribution is -2.40. The molecule has 1 aliphatic heterocycles. The maximum Gasteiger partial charge on any atom is 0.307 e. The van der Waals surface area contributed by atoms with Crippen LogP contribution < -0.4 is 4.74 Å². The third kappa shape index (κ3) is 5.37. The highest BCUT2D eigenvalue weighted by Gasteiger charge is 2.26. The van der Waals surface area contributed by atoms with E-state index in [1.54, 1.807) is 18.2 Å². The molecule has 1 atom stereocenters. The molecule has 23 heavy (non-hydrogen) atoms. The second kappa shape index (κ2) is 8.52. The van der Waals surface area contributed by atoms with Crippen molar-refractivity contribution >= 4 is 28.2 Å². The Morgan fingerprint density at radius 1 is 1.43 bits per heavy atom. The van der Waals surface area contributed by atoms with Crippen LogP contribution in [0.25, 0.3) is 0 Å². The van der Waals surface area contributed by atoms with Gasteiger partial charge in [-0.3, -0.25) is 4.79 Å². The zero-order valence-corrected chi connectivity index (χ0v) is 14.6. The molecule has 0 spiro atoms. The fraction of sp³-hybridized carbons (Fsp3) is 0.533. The summed E-state index contributed by atoms with van der Waals surface area (Å²) in [4.78, 5) is 13.2. The number of halogens is 1. The predicted octanol–water partition coefficient (Wildman–Crippen LogP) is 1.69. The molecule has 0 bridgehead atoms. The molecule has 0 radical (unpaired) electrons. The lowest BCUT2D eigenvalue weighted by molar-refractivity contribution is -0.143. The first-order valence-electron chi connectivity index (χ1n) is 7.24. The number of hydrogen-bond acceptors (Lipinski definition) is 5.